The summed E-state index contributed by atoms with van der Waals surface area (Å²) in [6, 6.07) is 6.89. The van der Waals surface area contributed by atoms with Crippen molar-refractivity contribution in [3.8, 4) is 0 Å². The van der Waals surface area contributed by atoms with Crippen molar-refractivity contribution in [2.45, 2.75) is 62.2 Å². The number of amides is 1. The highest BCUT2D eigenvalue weighted by Crippen LogP contribution is 2.38. The van der Waals surface area contributed by atoms with Crippen molar-refractivity contribution in [1.29, 1.82) is 0 Å². The smallest absolute Gasteiger partial charge is 0.410 e. The lowest BCUT2D eigenvalue weighted by Gasteiger charge is -2.33. The Morgan fingerprint density at radius 2 is 1.83 bits per heavy atom. The Morgan fingerprint density at radius 1 is 1.11 bits per heavy atom. The minimum Gasteiger partial charge on any atom is -0.444 e. The maximum atomic E-state index is 13.4. The SMILES string of the molecule is Cc1ccc(S(=O)(=O)C2C=Cc3c2ncc2cnc(C4CCCN(C(=O)OC(C)(C)C)C4)n32)cc1. The molecule has 1 aliphatic heterocycles. The molecule has 0 N–H and O–H groups in total. The molecule has 0 spiro atoms. The first-order chi connectivity index (χ1) is 16.5. The topological polar surface area (TPSA) is 93.9 Å². The Balaban J connectivity index is 1.48. The first kappa shape index (κ1) is 23.5. The fourth-order valence-corrected chi connectivity index (χ4v) is 6.36. The fourth-order valence-electron chi connectivity index (χ4n) is 4.79. The van der Waals surface area contributed by atoms with Crippen LogP contribution >= 0.6 is 0 Å². The molecule has 3 heterocycles. The molecule has 1 aromatic carbocycles. The number of carbonyl (C=O) groups excluding carboxylic acids is 1. The summed E-state index contributed by atoms with van der Waals surface area (Å²) in [7, 11) is -3.65. The summed E-state index contributed by atoms with van der Waals surface area (Å²) in [5, 5.41) is -0.857. The van der Waals surface area contributed by atoms with Gasteiger partial charge in [0.2, 0.25) is 0 Å². The van der Waals surface area contributed by atoms with E-state index in [0.29, 0.717) is 18.8 Å². The van der Waals surface area contributed by atoms with Crippen LogP contribution in [0.3, 0.4) is 0 Å². The van der Waals surface area contributed by atoms with E-state index in [-0.39, 0.29) is 16.9 Å². The number of ether oxygens (including phenoxy) is 1. The molecule has 2 atom stereocenters. The number of rotatable bonds is 3. The third kappa shape index (κ3) is 4.33. The van der Waals surface area contributed by atoms with Crippen molar-refractivity contribution in [2.24, 2.45) is 0 Å². The lowest BCUT2D eigenvalue weighted by atomic mass is 9.97. The Kier molecular flexibility index (Phi) is 5.70. The number of hydrogen-bond acceptors (Lipinski definition) is 6. The number of benzene rings is 1. The van der Waals surface area contributed by atoms with Crippen LogP contribution in [0.25, 0.3) is 11.6 Å². The van der Waals surface area contributed by atoms with E-state index in [1.165, 1.54) is 0 Å². The zero-order valence-electron chi connectivity index (χ0n) is 20.4. The van der Waals surface area contributed by atoms with Gasteiger partial charge in [0.25, 0.3) is 0 Å². The quantitative estimate of drug-likeness (QED) is 0.524. The summed E-state index contributed by atoms with van der Waals surface area (Å²) in [6.45, 7) is 8.65. The molecule has 2 aliphatic rings. The minimum absolute atomic E-state index is 0.00595. The molecule has 35 heavy (non-hydrogen) atoms. The van der Waals surface area contributed by atoms with Crippen molar-refractivity contribution in [3.63, 3.8) is 0 Å². The molecule has 0 bridgehead atoms. The van der Waals surface area contributed by atoms with Gasteiger partial charge in [0, 0.05) is 19.0 Å². The van der Waals surface area contributed by atoms with Gasteiger partial charge in [-0.3, -0.25) is 9.38 Å². The lowest BCUT2D eigenvalue weighted by molar-refractivity contribution is 0.0195. The average molecular weight is 495 g/mol. The van der Waals surface area contributed by atoms with Gasteiger partial charge in [-0.25, -0.2) is 18.2 Å². The Hall–Kier alpha value is -3.20. The van der Waals surface area contributed by atoms with Crippen LogP contribution in [-0.2, 0) is 14.6 Å². The fraction of sp³-hybridized carbons (Fsp3) is 0.423. The molecule has 8 nitrogen and oxygen atoms in total. The summed E-state index contributed by atoms with van der Waals surface area (Å²) in [4.78, 5) is 23.9. The molecular weight excluding hydrogens is 464 g/mol. The number of fused-ring (bicyclic) bond motifs is 3. The van der Waals surface area contributed by atoms with Crippen molar-refractivity contribution < 1.29 is 17.9 Å². The van der Waals surface area contributed by atoms with Gasteiger partial charge in [-0.2, -0.15) is 0 Å². The van der Waals surface area contributed by atoms with E-state index >= 15 is 0 Å². The summed E-state index contributed by atoms with van der Waals surface area (Å²) < 4.78 is 34.4. The van der Waals surface area contributed by atoms with E-state index in [4.69, 9.17) is 4.74 Å². The summed E-state index contributed by atoms with van der Waals surface area (Å²) in [5.74, 6) is 0.816. The number of imidazole rings is 1. The van der Waals surface area contributed by atoms with Gasteiger partial charge in [0.1, 0.15) is 16.7 Å². The normalized spacial score (nSPS) is 20.3. The van der Waals surface area contributed by atoms with Crippen LogP contribution < -0.4 is 0 Å². The highest BCUT2D eigenvalue weighted by atomic mass is 32.2. The monoisotopic (exact) mass is 494 g/mol. The van der Waals surface area contributed by atoms with Gasteiger partial charge >= 0.3 is 6.09 Å². The number of carbonyl (C=O) groups is 1. The third-order valence-corrected chi connectivity index (χ3v) is 8.45. The van der Waals surface area contributed by atoms with E-state index in [1.54, 1.807) is 47.6 Å². The van der Waals surface area contributed by atoms with Gasteiger partial charge in [-0.15, -0.1) is 0 Å². The van der Waals surface area contributed by atoms with E-state index < -0.39 is 20.7 Å². The van der Waals surface area contributed by atoms with Gasteiger partial charge in [0.15, 0.2) is 9.84 Å². The highest BCUT2D eigenvalue weighted by molar-refractivity contribution is 7.91. The van der Waals surface area contributed by atoms with Crippen LogP contribution in [0.1, 0.15) is 67.6 Å². The minimum atomic E-state index is -3.65. The second-order valence-electron chi connectivity index (χ2n) is 10.3. The number of sulfone groups is 1. The molecule has 9 heteroatoms. The lowest BCUT2D eigenvalue weighted by Crippen LogP contribution is -2.42. The van der Waals surface area contributed by atoms with E-state index in [9.17, 15) is 13.2 Å². The molecule has 1 fully saturated rings. The standard InChI is InChI=1S/C26H30N4O4S/c1-17-7-9-20(10-8-17)35(32,33)22-12-11-21-23(22)27-14-19-15-28-24(30(19)21)18-6-5-13-29(16-18)25(31)34-26(2,3)4/h7-12,14-15,18,22H,5-6,13,16H2,1-4H3. The summed E-state index contributed by atoms with van der Waals surface area (Å²) in [6.07, 6.45) is 8.35. The molecule has 1 aliphatic carbocycles. The summed E-state index contributed by atoms with van der Waals surface area (Å²) in [5.41, 5.74) is 2.47. The number of piperidine rings is 1. The zero-order valence-corrected chi connectivity index (χ0v) is 21.2. The van der Waals surface area contributed by atoms with E-state index in [1.807, 2.05) is 38.2 Å². The third-order valence-electron chi connectivity index (χ3n) is 6.48. The number of aromatic nitrogens is 3. The number of aryl methyl sites for hydroxylation is 1. The molecule has 0 saturated carbocycles. The molecular formula is C26H30N4O4S. The molecule has 1 saturated heterocycles. The Morgan fingerprint density at radius 3 is 2.54 bits per heavy atom. The van der Waals surface area contributed by atoms with Crippen LogP contribution in [-0.4, -0.2) is 52.5 Å². The predicted octanol–water partition coefficient (Wildman–Crippen LogP) is 4.69. The van der Waals surface area contributed by atoms with Gasteiger partial charge in [0.05, 0.1) is 34.2 Å². The van der Waals surface area contributed by atoms with Crippen LogP contribution in [0, 0.1) is 6.92 Å². The van der Waals surface area contributed by atoms with Crippen LogP contribution in [0.2, 0.25) is 0 Å². The van der Waals surface area contributed by atoms with Gasteiger partial charge in [-0.1, -0.05) is 23.8 Å². The first-order valence-electron chi connectivity index (χ1n) is 11.9. The number of nitrogens with zero attached hydrogens (tertiary/aromatic N) is 4. The van der Waals surface area contributed by atoms with E-state index in [2.05, 4.69) is 9.97 Å². The molecule has 184 valence electrons. The molecule has 2 aromatic heterocycles. The molecule has 5 rings (SSSR count). The van der Waals surface area contributed by atoms with Crippen LogP contribution in [0.5, 0.6) is 0 Å². The second kappa shape index (κ2) is 8.48. The highest BCUT2D eigenvalue weighted by Gasteiger charge is 2.36. The maximum absolute atomic E-state index is 13.4. The van der Waals surface area contributed by atoms with Crippen molar-refractivity contribution in [1.82, 2.24) is 19.3 Å². The molecule has 2 unspecified atom stereocenters. The first-order valence-corrected chi connectivity index (χ1v) is 13.4. The second-order valence-corrected chi connectivity index (χ2v) is 12.4. The van der Waals surface area contributed by atoms with Crippen LogP contribution in [0.4, 0.5) is 4.79 Å². The average Bonchev–Trinajstić information content (AvgIpc) is 3.43. The van der Waals surface area contributed by atoms with Crippen molar-refractivity contribution in [3.05, 3.63) is 65.5 Å². The van der Waals surface area contributed by atoms with Crippen molar-refractivity contribution >= 4 is 27.5 Å². The molecule has 0 radical (unpaired) electrons. The van der Waals surface area contributed by atoms with Gasteiger partial charge in [-0.05, 0) is 58.7 Å². The predicted molar refractivity (Wildman–Crippen MR) is 133 cm³/mol. The zero-order chi connectivity index (χ0) is 25.0. The van der Waals surface area contributed by atoms with Gasteiger partial charge < -0.3 is 9.64 Å². The Bertz CT molecular complexity index is 1420. The van der Waals surface area contributed by atoms with Crippen molar-refractivity contribution in [2.75, 3.05) is 13.1 Å². The molecule has 3 aromatic rings. The number of likely N-dealkylation sites (tertiary alicyclic amines) is 1. The van der Waals surface area contributed by atoms with E-state index in [0.717, 1.165) is 35.4 Å². The van der Waals surface area contributed by atoms with Crippen LogP contribution in [0.15, 0.2) is 47.6 Å². The largest absolute Gasteiger partial charge is 0.444 e. The summed E-state index contributed by atoms with van der Waals surface area (Å²) >= 11 is 0. The Labute approximate surface area is 205 Å². The number of hydrogen-bond donors (Lipinski definition) is 0. The molecule has 1 amide bonds. The maximum Gasteiger partial charge on any atom is 0.410 e.